The molecular weight excluding hydrogens is 358 g/mol. The van der Waals surface area contributed by atoms with Gasteiger partial charge in [-0.1, -0.05) is 12.1 Å². The van der Waals surface area contributed by atoms with Gasteiger partial charge in [0.05, 0.1) is 25.3 Å². The maximum absolute atomic E-state index is 12.6. The lowest BCUT2D eigenvalue weighted by Crippen LogP contribution is -2.50. The zero-order chi connectivity index (χ0) is 19.5. The Morgan fingerprint density at radius 2 is 1.79 bits per heavy atom. The number of aromatic nitrogens is 2. The van der Waals surface area contributed by atoms with Gasteiger partial charge in [-0.3, -0.25) is 0 Å². The topological polar surface area (TPSA) is 82.7 Å². The molecular formula is C20H23N5O3. The Balaban J connectivity index is 1.37. The predicted octanol–water partition coefficient (Wildman–Crippen LogP) is 2.93. The number of urea groups is 1. The smallest absolute Gasteiger partial charge is 0.321 e. The number of fused-ring (bicyclic) bond motifs is 1. The minimum Gasteiger partial charge on any atom is -0.493 e. The number of ether oxygens (including phenoxy) is 2. The van der Waals surface area contributed by atoms with Crippen molar-refractivity contribution in [1.82, 2.24) is 14.9 Å². The van der Waals surface area contributed by atoms with E-state index in [0.29, 0.717) is 30.3 Å². The third-order valence-electron chi connectivity index (χ3n) is 4.88. The molecule has 0 bridgehead atoms. The molecule has 2 amide bonds. The van der Waals surface area contributed by atoms with Crippen molar-refractivity contribution >= 4 is 28.7 Å². The van der Waals surface area contributed by atoms with Crippen LogP contribution in [0.4, 0.5) is 16.4 Å². The molecule has 3 aromatic rings. The highest BCUT2D eigenvalue weighted by Gasteiger charge is 2.23. The Bertz CT molecular complexity index is 946. The number of imidazole rings is 1. The Kier molecular flexibility index (Phi) is 4.92. The summed E-state index contributed by atoms with van der Waals surface area (Å²) in [6, 6.07) is 13.2. The number of methoxy groups -OCH3 is 2. The van der Waals surface area contributed by atoms with Crippen LogP contribution in [0.15, 0.2) is 42.5 Å². The lowest BCUT2D eigenvalue weighted by Gasteiger charge is -2.34. The van der Waals surface area contributed by atoms with E-state index in [4.69, 9.17) is 9.47 Å². The fraction of sp³-hybridized carbons (Fsp3) is 0.300. The largest absolute Gasteiger partial charge is 0.493 e. The lowest BCUT2D eigenvalue weighted by molar-refractivity contribution is 0.208. The van der Waals surface area contributed by atoms with Crippen LogP contribution in [0.1, 0.15) is 0 Å². The quantitative estimate of drug-likeness (QED) is 0.726. The first-order chi connectivity index (χ1) is 13.7. The fourth-order valence-corrected chi connectivity index (χ4v) is 3.33. The van der Waals surface area contributed by atoms with Gasteiger partial charge in [-0.2, -0.15) is 0 Å². The molecule has 1 fully saturated rings. The number of anilines is 2. The van der Waals surface area contributed by atoms with E-state index in [1.807, 2.05) is 24.3 Å². The first-order valence-corrected chi connectivity index (χ1v) is 9.15. The molecule has 4 rings (SSSR count). The highest BCUT2D eigenvalue weighted by Crippen LogP contribution is 2.30. The van der Waals surface area contributed by atoms with Gasteiger partial charge in [-0.15, -0.1) is 0 Å². The summed E-state index contributed by atoms with van der Waals surface area (Å²) in [5.74, 6) is 2.05. The van der Waals surface area contributed by atoms with Crippen LogP contribution in [-0.4, -0.2) is 61.3 Å². The number of carbonyl (C=O) groups is 1. The highest BCUT2D eigenvalue weighted by molar-refractivity contribution is 5.90. The maximum atomic E-state index is 12.6. The number of rotatable bonds is 4. The van der Waals surface area contributed by atoms with Crippen molar-refractivity contribution in [2.24, 2.45) is 0 Å². The number of piperazine rings is 1. The second-order valence-corrected chi connectivity index (χ2v) is 6.55. The van der Waals surface area contributed by atoms with Crippen molar-refractivity contribution in [2.75, 3.05) is 50.6 Å². The van der Waals surface area contributed by atoms with Crippen LogP contribution in [0, 0.1) is 0 Å². The molecule has 2 aromatic carbocycles. The summed E-state index contributed by atoms with van der Waals surface area (Å²) in [5, 5.41) is 2.92. The molecule has 1 aliphatic rings. The van der Waals surface area contributed by atoms with Crippen LogP contribution in [-0.2, 0) is 0 Å². The Labute approximate surface area is 163 Å². The summed E-state index contributed by atoms with van der Waals surface area (Å²) in [6.07, 6.45) is 0. The molecule has 8 nitrogen and oxygen atoms in total. The van der Waals surface area contributed by atoms with E-state index in [2.05, 4.69) is 20.2 Å². The second kappa shape index (κ2) is 7.67. The Hall–Kier alpha value is -3.42. The first kappa shape index (κ1) is 18.0. The minimum atomic E-state index is -0.128. The predicted molar refractivity (Wildman–Crippen MR) is 108 cm³/mol. The number of aromatic amines is 1. The molecule has 0 saturated carbocycles. The molecule has 0 unspecified atom stereocenters. The van der Waals surface area contributed by atoms with Crippen molar-refractivity contribution in [2.45, 2.75) is 0 Å². The molecule has 146 valence electrons. The third kappa shape index (κ3) is 3.53. The number of hydrogen-bond donors (Lipinski definition) is 2. The van der Waals surface area contributed by atoms with E-state index in [9.17, 15) is 4.79 Å². The van der Waals surface area contributed by atoms with E-state index in [1.165, 1.54) is 0 Å². The van der Waals surface area contributed by atoms with Gasteiger partial charge in [0.25, 0.3) is 0 Å². The van der Waals surface area contributed by atoms with Gasteiger partial charge in [0.15, 0.2) is 11.5 Å². The van der Waals surface area contributed by atoms with E-state index in [0.717, 1.165) is 30.1 Å². The van der Waals surface area contributed by atoms with Crippen LogP contribution in [0.3, 0.4) is 0 Å². The lowest BCUT2D eigenvalue weighted by atomic mass is 10.2. The van der Waals surface area contributed by atoms with Crippen LogP contribution in [0.25, 0.3) is 11.0 Å². The minimum absolute atomic E-state index is 0.128. The number of benzene rings is 2. The van der Waals surface area contributed by atoms with E-state index >= 15 is 0 Å². The van der Waals surface area contributed by atoms with Crippen molar-refractivity contribution in [1.29, 1.82) is 0 Å². The molecule has 1 saturated heterocycles. The normalized spacial score (nSPS) is 14.2. The molecule has 8 heteroatoms. The zero-order valence-electron chi connectivity index (χ0n) is 15.9. The summed E-state index contributed by atoms with van der Waals surface area (Å²) in [6.45, 7) is 2.69. The van der Waals surface area contributed by atoms with E-state index in [1.54, 1.807) is 37.3 Å². The molecule has 0 atom stereocenters. The average Bonchev–Trinajstić information content (AvgIpc) is 3.18. The van der Waals surface area contributed by atoms with E-state index in [-0.39, 0.29) is 6.03 Å². The van der Waals surface area contributed by atoms with E-state index < -0.39 is 0 Å². The summed E-state index contributed by atoms with van der Waals surface area (Å²) in [4.78, 5) is 24.6. The van der Waals surface area contributed by atoms with Gasteiger partial charge in [-0.05, 0) is 24.3 Å². The molecule has 1 aromatic heterocycles. The number of amides is 2. The number of carbonyl (C=O) groups excluding carboxylic acids is 1. The summed E-state index contributed by atoms with van der Waals surface area (Å²) in [5.41, 5.74) is 2.64. The Morgan fingerprint density at radius 3 is 2.50 bits per heavy atom. The molecule has 2 heterocycles. The Morgan fingerprint density at radius 1 is 1.04 bits per heavy atom. The molecule has 0 aliphatic carbocycles. The summed E-state index contributed by atoms with van der Waals surface area (Å²) >= 11 is 0. The molecule has 28 heavy (non-hydrogen) atoms. The monoisotopic (exact) mass is 381 g/mol. The van der Waals surface area contributed by atoms with Gasteiger partial charge in [0, 0.05) is 37.9 Å². The maximum Gasteiger partial charge on any atom is 0.321 e. The van der Waals surface area contributed by atoms with Crippen LogP contribution < -0.4 is 19.7 Å². The summed E-state index contributed by atoms with van der Waals surface area (Å²) < 4.78 is 10.5. The van der Waals surface area contributed by atoms with Gasteiger partial charge in [0.2, 0.25) is 5.95 Å². The zero-order valence-corrected chi connectivity index (χ0v) is 15.9. The van der Waals surface area contributed by atoms with Gasteiger partial charge in [-0.25, -0.2) is 9.78 Å². The van der Waals surface area contributed by atoms with Crippen LogP contribution in [0.2, 0.25) is 0 Å². The van der Waals surface area contributed by atoms with Crippen molar-refractivity contribution < 1.29 is 14.3 Å². The second-order valence-electron chi connectivity index (χ2n) is 6.55. The number of nitrogens with one attached hydrogen (secondary N) is 2. The van der Waals surface area contributed by atoms with Crippen LogP contribution in [0.5, 0.6) is 11.5 Å². The van der Waals surface area contributed by atoms with Crippen molar-refractivity contribution in [3.8, 4) is 11.5 Å². The number of para-hydroxylation sites is 2. The van der Waals surface area contributed by atoms with Crippen LogP contribution >= 0.6 is 0 Å². The van der Waals surface area contributed by atoms with Gasteiger partial charge < -0.3 is 29.6 Å². The molecule has 2 N–H and O–H groups in total. The van der Waals surface area contributed by atoms with Crippen molar-refractivity contribution in [3.63, 3.8) is 0 Å². The first-order valence-electron chi connectivity index (χ1n) is 9.15. The van der Waals surface area contributed by atoms with Crippen molar-refractivity contribution in [3.05, 3.63) is 42.5 Å². The molecule has 0 radical (unpaired) electrons. The molecule has 1 aliphatic heterocycles. The summed E-state index contributed by atoms with van der Waals surface area (Å²) in [7, 11) is 3.15. The van der Waals surface area contributed by atoms with Gasteiger partial charge >= 0.3 is 6.03 Å². The number of nitrogens with zero attached hydrogens (tertiary/aromatic N) is 3. The van der Waals surface area contributed by atoms with Gasteiger partial charge in [0.1, 0.15) is 0 Å². The average molecular weight is 381 g/mol. The SMILES string of the molecule is COc1ccc(NC(=O)N2CCN(c3nc4ccccc4[nH]3)CC2)cc1OC. The third-order valence-corrected chi connectivity index (χ3v) is 4.88. The fourth-order valence-electron chi connectivity index (χ4n) is 3.33. The number of H-pyrrole nitrogens is 1. The highest BCUT2D eigenvalue weighted by atomic mass is 16.5. The molecule has 0 spiro atoms. The standard InChI is InChI=1S/C20H23N5O3/c1-27-17-8-7-14(13-18(17)28-2)21-20(26)25-11-9-24(10-12-25)19-22-15-5-3-4-6-16(15)23-19/h3-8,13H,9-12H2,1-2H3,(H,21,26)(H,22,23). The number of hydrogen-bond acceptors (Lipinski definition) is 5.